The molecule has 0 aliphatic carbocycles. The van der Waals surface area contributed by atoms with Crippen molar-refractivity contribution in [2.75, 3.05) is 5.73 Å². The fraction of sp³-hybridized carbons (Fsp3) is 0.312. The van der Waals surface area contributed by atoms with Crippen molar-refractivity contribution in [3.05, 3.63) is 53.5 Å². The molecule has 2 aromatic rings. The van der Waals surface area contributed by atoms with E-state index in [4.69, 9.17) is 5.73 Å². The van der Waals surface area contributed by atoms with Crippen LogP contribution in [0.3, 0.4) is 0 Å². The Hall–Kier alpha value is -2.64. The number of nitrogen functional groups attached to an aromatic ring is 1. The van der Waals surface area contributed by atoms with E-state index in [-0.39, 0.29) is 18.9 Å². The molecule has 0 saturated heterocycles. The second-order valence-corrected chi connectivity index (χ2v) is 5.42. The van der Waals surface area contributed by atoms with Crippen LogP contribution in [-0.2, 0) is 23.9 Å². The SMILES string of the molecule is C[C@H](Cc1cccc(C(F)(F)F)c1)C(=O)NCc1nccc(N)n1. The number of nitrogens with two attached hydrogens (primary N) is 1. The van der Waals surface area contributed by atoms with Crippen LogP contribution >= 0.6 is 0 Å². The molecule has 1 atom stereocenters. The van der Waals surface area contributed by atoms with Crippen molar-refractivity contribution in [3.63, 3.8) is 0 Å². The van der Waals surface area contributed by atoms with Gasteiger partial charge in [0, 0.05) is 12.1 Å². The summed E-state index contributed by atoms with van der Waals surface area (Å²) in [5.41, 5.74) is 5.25. The van der Waals surface area contributed by atoms with Gasteiger partial charge in [-0.05, 0) is 24.1 Å². The molecule has 0 bridgehead atoms. The number of rotatable bonds is 5. The molecule has 0 aliphatic heterocycles. The van der Waals surface area contributed by atoms with Gasteiger partial charge in [-0.2, -0.15) is 13.2 Å². The summed E-state index contributed by atoms with van der Waals surface area (Å²) in [4.78, 5) is 20.0. The van der Waals surface area contributed by atoms with Crippen molar-refractivity contribution in [2.45, 2.75) is 26.1 Å². The first-order valence-electron chi connectivity index (χ1n) is 7.27. The number of alkyl halides is 3. The molecule has 0 saturated carbocycles. The molecule has 5 nitrogen and oxygen atoms in total. The number of anilines is 1. The van der Waals surface area contributed by atoms with Crippen molar-refractivity contribution in [2.24, 2.45) is 5.92 Å². The number of carbonyl (C=O) groups excluding carboxylic acids is 1. The quantitative estimate of drug-likeness (QED) is 0.878. The maximum atomic E-state index is 12.7. The molecular formula is C16H17F3N4O. The minimum atomic E-state index is -4.40. The number of nitrogens with one attached hydrogen (secondary N) is 1. The molecule has 24 heavy (non-hydrogen) atoms. The summed E-state index contributed by atoms with van der Waals surface area (Å²) in [6.07, 6.45) is -2.71. The summed E-state index contributed by atoms with van der Waals surface area (Å²) in [6, 6.07) is 6.50. The Kier molecular flexibility index (Phi) is 5.38. The molecular weight excluding hydrogens is 321 g/mol. The summed E-state index contributed by atoms with van der Waals surface area (Å²) in [6.45, 7) is 1.76. The van der Waals surface area contributed by atoms with Gasteiger partial charge >= 0.3 is 6.18 Å². The van der Waals surface area contributed by atoms with Crippen LogP contribution in [0.15, 0.2) is 36.5 Å². The third-order valence-corrected chi connectivity index (χ3v) is 3.39. The van der Waals surface area contributed by atoms with Crippen LogP contribution in [-0.4, -0.2) is 15.9 Å². The van der Waals surface area contributed by atoms with Crippen molar-refractivity contribution in [1.29, 1.82) is 0 Å². The monoisotopic (exact) mass is 338 g/mol. The van der Waals surface area contributed by atoms with Crippen molar-refractivity contribution in [3.8, 4) is 0 Å². The third-order valence-electron chi connectivity index (χ3n) is 3.39. The molecule has 2 rings (SSSR count). The summed E-state index contributed by atoms with van der Waals surface area (Å²) in [7, 11) is 0. The van der Waals surface area contributed by atoms with Crippen LogP contribution < -0.4 is 11.1 Å². The zero-order valence-corrected chi connectivity index (χ0v) is 13.0. The molecule has 1 aromatic heterocycles. The first kappa shape index (κ1) is 17.7. The summed E-state index contributed by atoms with van der Waals surface area (Å²) < 4.78 is 38.1. The van der Waals surface area contributed by atoms with Gasteiger partial charge in [-0.3, -0.25) is 4.79 Å². The van der Waals surface area contributed by atoms with E-state index in [1.54, 1.807) is 13.0 Å². The molecule has 128 valence electrons. The molecule has 0 radical (unpaired) electrons. The average Bonchev–Trinajstić information content (AvgIpc) is 2.52. The minimum absolute atomic E-state index is 0.108. The van der Waals surface area contributed by atoms with Crippen LogP contribution in [0.5, 0.6) is 0 Å². The van der Waals surface area contributed by atoms with Crippen LogP contribution in [0.4, 0.5) is 19.0 Å². The van der Waals surface area contributed by atoms with E-state index < -0.39 is 17.7 Å². The number of halogens is 3. The van der Waals surface area contributed by atoms with Crippen molar-refractivity contribution in [1.82, 2.24) is 15.3 Å². The highest BCUT2D eigenvalue weighted by Gasteiger charge is 2.30. The van der Waals surface area contributed by atoms with Crippen molar-refractivity contribution < 1.29 is 18.0 Å². The van der Waals surface area contributed by atoms with Gasteiger partial charge in [0.1, 0.15) is 11.6 Å². The molecule has 1 aromatic carbocycles. The number of aromatic nitrogens is 2. The Morgan fingerprint density at radius 3 is 2.75 bits per heavy atom. The maximum absolute atomic E-state index is 12.7. The van der Waals surface area contributed by atoms with E-state index in [0.717, 1.165) is 12.1 Å². The van der Waals surface area contributed by atoms with Gasteiger partial charge in [0.25, 0.3) is 0 Å². The smallest absolute Gasteiger partial charge is 0.384 e. The molecule has 0 unspecified atom stereocenters. The van der Waals surface area contributed by atoms with Crippen LogP contribution in [0.25, 0.3) is 0 Å². The zero-order chi connectivity index (χ0) is 17.7. The lowest BCUT2D eigenvalue weighted by molar-refractivity contribution is -0.137. The second kappa shape index (κ2) is 7.29. The number of amides is 1. The predicted molar refractivity (Wildman–Crippen MR) is 82.6 cm³/mol. The van der Waals surface area contributed by atoms with Gasteiger partial charge < -0.3 is 11.1 Å². The van der Waals surface area contributed by atoms with Crippen LogP contribution in [0, 0.1) is 5.92 Å². The second-order valence-electron chi connectivity index (χ2n) is 5.42. The minimum Gasteiger partial charge on any atom is -0.384 e. The van der Waals surface area contributed by atoms with E-state index in [0.29, 0.717) is 17.2 Å². The van der Waals surface area contributed by atoms with E-state index in [1.165, 1.54) is 18.3 Å². The fourth-order valence-corrected chi connectivity index (χ4v) is 2.16. The zero-order valence-electron chi connectivity index (χ0n) is 13.0. The summed E-state index contributed by atoms with van der Waals surface area (Å²) >= 11 is 0. The number of hydrogen-bond donors (Lipinski definition) is 2. The predicted octanol–water partition coefficient (Wildman–Crippen LogP) is 2.57. The fourth-order valence-electron chi connectivity index (χ4n) is 2.16. The van der Waals surface area contributed by atoms with Gasteiger partial charge in [-0.15, -0.1) is 0 Å². The number of benzene rings is 1. The Bertz CT molecular complexity index is 718. The molecule has 3 N–H and O–H groups in total. The van der Waals surface area contributed by atoms with Gasteiger partial charge in [-0.1, -0.05) is 25.1 Å². The van der Waals surface area contributed by atoms with Gasteiger partial charge in [-0.25, -0.2) is 9.97 Å². The lowest BCUT2D eigenvalue weighted by atomic mass is 9.98. The van der Waals surface area contributed by atoms with Crippen LogP contribution in [0.2, 0.25) is 0 Å². The number of hydrogen-bond acceptors (Lipinski definition) is 4. The molecule has 1 amide bonds. The largest absolute Gasteiger partial charge is 0.416 e. The van der Waals surface area contributed by atoms with Gasteiger partial charge in [0.2, 0.25) is 5.91 Å². The van der Waals surface area contributed by atoms with E-state index in [2.05, 4.69) is 15.3 Å². The first-order chi connectivity index (χ1) is 11.3. The number of nitrogens with zero attached hydrogens (tertiary/aromatic N) is 2. The summed E-state index contributed by atoms with van der Waals surface area (Å²) in [5.74, 6) is -0.117. The number of carbonyl (C=O) groups is 1. The topological polar surface area (TPSA) is 80.9 Å². The molecule has 0 spiro atoms. The highest BCUT2D eigenvalue weighted by Crippen LogP contribution is 2.29. The average molecular weight is 338 g/mol. The lowest BCUT2D eigenvalue weighted by Gasteiger charge is -2.13. The van der Waals surface area contributed by atoms with Crippen LogP contribution in [0.1, 0.15) is 23.9 Å². The molecule has 0 aliphatic rings. The molecule has 0 fully saturated rings. The Morgan fingerprint density at radius 2 is 2.08 bits per heavy atom. The summed E-state index contributed by atoms with van der Waals surface area (Å²) in [5, 5.41) is 2.65. The normalized spacial score (nSPS) is 12.7. The highest BCUT2D eigenvalue weighted by atomic mass is 19.4. The van der Waals surface area contributed by atoms with E-state index in [9.17, 15) is 18.0 Å². The van der Waals surface area contributed by atoms with Gasteiger partial charge in [0.05, 0.1) is 12.1 Å². The van der Waals surface area contributed by atoms with Crippen molar-refractivity contribution >= 4 is 11.7 Å². The first-order valence-corrected chi connectivity index (χ1v) is 7.27. The van der Waals surface area contributed by atoms with Gasteiger partial charge in [0.15, 0.2) is 0 Å². The Balaban J connectivity index is 1.94. The standard InChI is InChI=1S/C16H17F3N4O/c1-10(7-11-3-2-4-12(8-11)16(17,18)19)15(24)22-9-14-21-6-5-13(20)23-14/h2-6,8,10H,7,9H2,1H3,(H,22,24)(H2,20,21,23)/t10-/m1/s1. The molecule has 1 heterocycles. The third kappa shape index (κ3) is 4.94. The maximum Gasteiger partial charge on any atom is 0.416 e. The lowest BCUT2D eigenvalue weighted by Crippen LogP contribution is -2.30. The van der Waals surface area contributed by atoms with E-state index in [1.807, 2.05) is 0 Å². The Labute approximate surface area is 137 Å². The Morgan fingerprint density at radius 1 is 1.33 bits per heavy atom. The van der Waals surface area contributed by atoms with E-state index >= 15 is 0 Å². The highest BCUT2D eigenvalue weighted by molar-refractivity contribution is 5.78. The molecule has 8 heteroatoms.